The summed E-state index contributed by atoms with van der Waals surface area (Å²) in [5.41, 5.74) is 1.21. The molecule has 1 aromatic carbocycles. The van der Waals surface area contributed by atoms with Gasteiger partial charge in [-0.2, -0.15) is 0 Å². The molecular formula is C16H26N2O2. The first-order chi connectivity index (χ1) is 9.60. The van der Waals surface area contributed by atoms with E-state index in [4.69, 9.17) is 4.74 Å². The third-order valence-corrected chi connectivity index (χ3v) is 3.78. The first-order valence-corrected chi connectivity index (χ1v) is 7.43. The van der Waals surface area contributed by atoms with Crippen LogP contribution in [0.25, 0.3) is 0 Å². The number of likely N-dealkylation sites (N-methyl/N-ethyl adjacent to an activating group) is 1. The zero-order valence-electron chi connectivity index (χ0n) is 12.8. The number of hydrogen-bond donors (Lipinski definition) is 1. The van der Waals surface area contributed by atoms with Gasteiger partial charge in [0.2, 0.25) is 0 Å². The van der Waals surface area contributed by atoms with E-state index in [9.17, 15) is 5.11 Å². The lowest BCUT2D eigenvalue weighted by Crippen LogP contribution is -2.37. The van der Waals surface area contributed by atoms with Crippen molar-refractivity contribution in [3.8, 4) is 11.5 Å². The minimum Gasteiger partial charge on any atom is -0.504 e. The molecule has 1 aliphatic rings. The van der Waals surface area contributed by atoms with Gasteiger partial charge in [-0.1, -0.05) is 6.07 Å². The Morgan fingerprint density at radius 1 is 1.40 bits per heavy atom. The summed E-state index contributed by atoms with van der Waals surface area (Å²) in [6.07, 6.45) is 2.55. The van der Waals surface area contributed by atoms with Gasteiger partial charge in [-0.25, -0.2) is 0 Å². The fraction of sp³-hybridized carbons (Fsp3) is 0.625. The molecule has 1 atom stereocenters. The second kappa shape index (κ2) is 6.95. The van der Waals surface area contributed by atoms with Crippen molar-refractivity contribution in [1.82, 2.24) is 9.80 Å². The fourth-order valence-electron chi connectivity index (χ4n) is 2.89. The molecule has 0 spiro atoms. The molecule has 0 aromatic heterocycles. The fourth-order valence-corrected chi connectivity index (χ4v) is 2.89. The second-order valence-electron chi connectivity index (χ2n) is 5.76. The molecule has 1 saturated heterocycles. The molecule has 112 valence electrons. The SMILES string of the molecule is CCOc1cc(CN2CCCC2CN(C)C)ccc1O. The zero-order chi connectivity index (χ0) is 14.5. The Labute approximate surface area is 122 Å². The van der Waals surface area contributed by atoms with Crippen LogP contribution in [0.1, 0.15) is 25.3 Å². The van der Waals surface area contributed by atoms with E-state index in [1.165, 1.54) is 18.4 Å². The van der Waals surface area contributed by atoms with Gasteiger partial charge in [-0.3, -0.25) is 4.90 Å². The maximum absolute atomic E-state index is 9.75. The van der Waals surface area contributed by atoms with Crippen LogP contribution in [0.5, 0.6) is 11.5 Å². The number of phenols is 1. The Hall–Kier alpha value is -1.26. The molecule has 0 bridgehead atoms. The number of likely N-dealkylation sites (tertiary alicyclic amines) is 1. The van der Waals surface area contributed by atoms with Crippen LogP contribution in [-0.2, 0) is 6.54 Å². The van der Waals surface area contributed by atoms with Crippen LogP contribution in [0, 0.1) is 0 Å². The molecule has 4 nitrogen and oxygen atoms in total. The standard InChI is InChI=1S/C16H26N2O2/c1-4-20-16-10-13(7-8-15(16)19)11-18-9-5-6-14(18)12-17(2)3/h7-8,10,14,19H,4-6,9,11-12H2,1-3H3. The Balaban J connectivity index is 2.03. The summed E-state index contributed by atoms with van der Waals surface area (Å²) in [6, 6.07) is 6.32. The lowest BCUT2D eigenvalue weighted by atomic mass is 10.1. The second-order valence-corrected chi connectivity index (χ2v) is 5.76. The summed E-state index contributed by atoms with van der Waals surface area (Å²) < 4.78 is 5.46. The summed E-state index contributed by atoms with van der Waals surface area (Å²) >= 11 is 0. The molecule has 1 unspecified atom stereocenters. The van der Waals surface area contributed by atoms with Crippen LogP contribution >= 0.6 is 0 Å². The Bertz CT molecular complexity index is 434. The molecule has 4 heteroatoms. The van der Waals surface area contributed by atoms with E-state index in [-0.39, 0.29) is 5.75 Å². The van der Waals surface area contributed by atoms with E-state index in [0.717, 1.165) is 19.6 Å². The normalized spacial score (nSPS) is 19.7. The number of hydrogen-bond acceptors (Lipinski definition) is 4. The number of nitrogens with zero attached hydrogens (tertiary/aromatic N) is 2. The van der Waals surface area contributed by atoms with E-state index >= 15 is 0 Å². The molecule has 0 aliphatic carbocycles. The molecular weight excluding hydrogens is 252 g/mol. The van der Waals surface area contributed by atoms with Crippen LogP contribution in [0.3, 0.4) is 0 Å². The summed E-state index contributed by atoms with van der Waals surface area (Å²) in [5, 5.41) is 9.75. The molecule has 1 fully saturated rings. The van der Waals surface area contributed by atoms with Gasteiger partial charge in [0, 0.05) is 19.1 Å². The van der Waals surface area contributed by atoms with Gasteiger partial charge in [-0.15, -0.1) is 0 Å². The number of ether oxygens (including phenoxy) is 1. The van der Waals surface area contributed by atoms with E-state index in [0.29, 0.717) is 18.4 Å². The van der Waals surface area contributed by atoms with Gasteiger partial charge in [0.05, 0.1) is 6.61 Å². The highest BCUT2D eigenvalue weighted by Gasteiger charge is 2.24. The van der Waals surface area contributed by atoms with E-state index in [1.54, 1.807) is 6.07 Å². The van der Waals surface area contributed by atoms with Gasteiger partial charge >= 0.3 is 0 Å². The summed E-state index contributed by atoms with van der Waals surface area (Å²) in [6.45, 7) is 5.70. The molecule has 1 heterocycles. The number of benzene rings is 1. The zero-order valence-corrected chi connectivity index (χ0v) is 12.8. The minimum absolute atomic E-state index is 0.224. The lowest BCUT2D eigenvalue weighted by molar-refractivity contribution is 0.200. The van der Waals surface area contributed by atoms with E-state index < -0.39 is 0 Å². The largest absolute Gasteiger partial charge is 0.504 e. The van der Waals surface area contributed by atoms with Crippen molar-refractivity contribution in [1.29, 1.82) is 0 Å². The van der Waals surface area contributed by atoms with Crippen molar-refractivity contribution in [2.75, 3.05) is 33.8 Å². The topological polar surface area (TPSA) is 35.9 Å². The maximum Gasteiger partial charge on any atom is 0.161 e. The smallest absolute Gasteiger partial charge is 0.161 e. The van der Waals surface area contributed by atoms with Crippen molar-refractivity contribution in [3.63, 3.8) is 0 Å². The van der Waals surface area contributed by atoms with Crippen LogP contribution in [0.4, 0.5) is 0 Å². The van der Waals surface area contributed by atoms with Crippen LogP contribution in [0.2, 0.25) is 0 Å². The number of rotatable bonds is 6. The molecule has 2 rings (SSSR count). The predicted octanol–water partition coefficient (Wildman–Crippen LogP) is 2.32. The molecule has 0 radical (unpaired) electrons. The molecule has 1 aromatic rings. The highest BCUT2D eigenvalue weighted by atomic mass is 16.5. The summed E-state index contributed by atoms with van der Waals surface area (Å²) in [5.74, 6) is 0.815. The highest BCUT2D eigenvalue weighted by molar-refractivity contribution is 5.41. The molecule has 0 amide bonds. The van der Waals surface area contributed by atoms with E-state index in [2.05, 4.69) is 23.9 Å². The van der Waals surface area contributed by atoms with Crippen molar-refractivity contribution >= 4 is 0 Å². The van der Waals surface area contributed by atoms with Crippen molar-refractivity contribution in [3.05, 3.63) is 23.8 Å². The third-order valence-electron chi connectivity index (χ3n) is 3.78. The maximum atomic E-state index is 9.75. The Morgan fingerprint density at radius 3 is 2.90 bits per heavy atom. The van der Waals surface area contributed by atoms with Gasteiger partial charge in [0.25, 0.3) is 0 Å². The predicted molar refractivity (Wildman–Crippen MR) is 81.3 cm³/mol. The average Bonchev–Trinajstić information content (AvgIpc) is 2.80. The monoisotopic (exact) mass is 278 g/mol. The molecule has 20 heavy (non-hydrogen) atoms. The first-order valence-electron chi connectivity index (χ1n) is 7.43. The Morgan fingerprint density at radius 2 is 2.20 bits per heavy atom. The van der Waals surface area contributed by atoms with Gasteiger partial charge in [0.15, 0.2) is 11.5 Å². The highest BCUT2D eigenvalue weighted by Crippen LogP contribution is 2.28. The van der Waals surface area contributed by atoms with Crippen molar-refractivity contribution in [2.24, 2.45) is 0 Å². The first kappa shape index (κ1) is 15.1. The number of phenolic OH excluding ortho intramolecular Hbond substituents is 1. The third kappa shape index (κ3) is 3.87. The van der Waals surface area contributed by atoms with Crippen molar-refractivity contribution in [2.45, 2.75) is 32.4 Å². The quantitative estimate of drug-likeness (QED) is 0.866. The average molecular weight is 278 g/mol. The summed E-state index contributed by atoms with van der Waals surface area (Å²) in [4.78, 5) is 4.79. The van der Waals surface area contributed by atoms with Crippen LogP contribution in [0.15, 0.2) is 18.2 Å². The van der Waals surface area contributed by atoms with Gasteiger partial charge in [0.1, 0.15) is 0 Å². The molecule has 0 saturated carbocycles. The van der Waals surface area contributed by atoms with Crippen molar-refractivity contribution < 1.29 is 9.84 Å². The van der Waals surface area contributed by atoms with Gasteiger partial charge < -0.3 is 14.7 Å². The molecule has 1 aliphatic heterocycles. The van der Waals surface area contributed by atoms with Crippen LogP contribution < -0.4 is 4.74 Å². The lowest BCUT2D eigenvalue weighted by Gasteiger charge is -2.27. The summed E-state index contributed by atoms with van der Waals surface area (Å²) in [7, 11) is 4.26. The number of aromatic hydroxyl groups is 1. The Kier molecular flexibility index (Phi) is 5.26. The van der Waals surface area contributed by atoms with Gasteiger partial charge in [-0.05, 0) is 58.1 Å². The molecule has 1 N–H and O–H groups in total. The van der Waals surface area contributed by atoms with E-state index in [1.807, 2.05) is 19.1 Å². The van der Waals surface area contributed by atoms with Crippen LogP contribution in [-0.4, -0.2) is 54.7 Å². The minimum atomic E-state index is 0.224.